The number of anilines is 3. The number of ketones is 1. The van der Waals surface area contributed by atoms with Crippen LogP contribution in [-0.4, -0.2) is 63.7 Å². The highest BCUT2D eigenvalue weighted by Gasteiger charge is 2.27. The Morgan fingerprint density at radius 2 is 1.82 bits per heavy atom. The number of piperazine rings is 1. The standard InChI is InChI=1S/C26H33N7O/c1-4-6-22(34)24-21-8-5-7-18-17-27-26(29-23(18)25(21)32(3)30-24)28-19-9-11-20(12-10-19)33-15-13-31(2)14-16-33/h9-12,17H,4-8,13-16H2,1-3H3,(H,27,28,29). The Labute approximate surface area is 201 Å². The first-order valence-electron chi connectivity index (χ1n) is 12.3. The molecule has 1 aliphatic heterocycles. The molecule has 0 amide bonds. The second-order valence-corrected chi connectivity index (χ2v) is 9.36. The minimum Gasteiger partial charge on any atom is -0.369 e. The minimum atomic E-state index is 0.121. The van der Waals surface area contributed by atoms with E-state index in [4.69, 9.17) is 4.98 Å². The number of hydrogen-bond donors (Lipinski definition) is 1. The van der Waals surface area contributed by atoms with E-state index in [1.165, 1.54) is 5.69 Å². The number of benzene rings is 1. The first-order valence-corrected chi connectivity index (χ1v) is 12.3. The molecule has 2 aliphatic rings. The summed E-state index contributed by atoms with van der Waals surface area (Å²) in [6, 6.07) is 8.48. The van der Waals surface area contributed by atoms with Crippen molar-refractivity contribution in [3.8, 4) is 11.4 Å². The van der Waals surface area contributed by atoms with Gasteiger partial charge in [-0.2, -0.15) is 5.10 Å². The molecule has 0 spiro atoms. The quantitative estimate of drug-likeness (QED) is 0.561. The third kappa shape index (κ3) is 4.42. The average molecular weight is 460 g/mol. The second-order valence-electron chi connectivity index (χ2n) is 9.36. The fraction of sp³-hybridized carbons (Fsp3) is 0.462. The molecular formula is C26H33N7O. The van der Waals surface area contributed by atoms with E-state index in [9.17, 15) is 4.79 Å². The summed E-state index contributed by atoms with van der Waals surface area (Å²) in [6.07, 6.45) is 5.95. The zero-order valence-electron chi connectivity index (χ0n) is 20.3. The van der Waals surface area contributed by atoms with Crippen LogP contribution in [0.5, 0.6) is 0 Å². The summed E-state index contributed by atoms with van der Waals surface area (Å²) >= 11 is 0. The highest BCUT2D eigenvalue weighted by molar-refractivity contribution is 5.97. The molecule has 1 saturated heterocycles. The number of fused-ring (bicyclic) bond motifs is 3. The average Bonchev–Trinajstić information content (AvgIpc) is 3.05. The number of aryl methyl sites for hydroxylation is 2. The van der Waals surface area contributed by atoms with Crippen molar-refractivity contribution in [1.29, 1.82) is 0 Å². The molecule has 3 aromatic rings. The molecule has 1 aliphatic carbocycles. The monoisotopic (exact) mass is 459 g/mol. The summed E-state index contributed by atoms with van der Waals surface area (Å²) in [7, 11) is 4.08. The Morgan fingerprint density at radius 1 is 1.06 bits per heavy atom. The number of nitrogens with one attached hydrogen (secondary N) is 1. The van der Waals surface area contributed by atoms with E-state index in [1.54, 1.807) is 0 Å². The first-order chi connectivity index (χ1) is 16.5. The molecule has 8 nitrogen and oxygen atoms in total. The van der Waals surface area contributed by atoms with Crippen LogP contribution in [-0.2, 0) is 19.9 Å². The van der Waals surface area contributed by atoms with E-state index < -0.39 is 0 Å². The molecule has 3 heterocycles. The van der Waals surface area contributed by atoms with Gasteiger partial charge in [-0.3, -0.25) is 9.48 Å². The van der Waals surface area contributed by atoms with E-state index >= 15 is 0 Å². The van der Waals surface area contributed by atoms with Crippen molar-refractivity contribution in [2.75, 3.05) is 43.4 Å². The second kappa shape index (κ2) is 9.54. The number of Topliss-reactive ketones (excluding diaryl/α,β-unsaturated/α-hetero) is 1. The first kappa shape index (κ1) is 22.5. The van der Waals surface area contributed by atoms with Gasteiger partial charge in [-0.15, -0.1) is 0 Å². The predicted molar refractivity (Wildman–Crippen MR) is 135 cm³/mol. The summed E-state index contributed by atoms with van der Waals surface area (Å²) in [5.74, 6) is 0.678. The molecule has 8 heteroatoms. The number of likely N-dealkylation sites (N-methyl/N-ethyl adjacent to an activating group) is 1. The van der Waals surface area contributed by atoms with Gasteiger partial charge in [-0.25, -0.2) is 9.97 Å². The van der Waals surface area contributed by atoms with E-state index in [0.717, 1.165) is 80.1 Å². The number of carbonyl (C=O) groups excluding carboxylic acids is 1. The van der Waals surface area contributed by atoms with Gasteiger partial charge in [0, 0.05) is 62.8 Å². The molecule has 0 bridgehead atoms. The minimum absolute atomic E-state index is 0.121. The van der Waals surface area contributed by atoms with Crippen molar-refractivity contribution in [2.45, 2.75) is 39.0 Å². The lowest BCUT2D eigenvalue weighted by molar-refractivity contribution is 0.0975. The maximum absolute atomic E-state index is 12.7. The Bertz CT molecular complexity index is 1180. The zero-order chi connectivity index (χ0) is 23.7. The molecule has 2 aromatic heterocycles. The fourth-order valence-corrected chi connectivity index (χ4v) is 4.93. The molecule has 1 fully saturated rings. The van der Waals surface area contributed by atoms with E-state index in [1.807, 2.05) is 24.9 Å². The van der Waals surface area contributed by atoms with Crippen LogP contribution in [0.25, 0.3) is 11.4 Å². The summed E-state index contributed by atoms with van der Waals surface area (Å²) < 4.78 is 1.82. The molecule has 1 aromatic carbocycles. The summed E-state index contributed by atoms with van der Waals surface area (Å²) in [4.78, 5) is 27.0. The lowest BCUT2D eigenvalue weighted by atomic mass is 10.0. The Balaban J connectivity index is 1.40. The Morgan fingerprint density at radius 3 is 2.56 bits per heavy atom. The molecule has 178 valence electrons. The SMILES string of the molecule is CCCC(=O)c1nn(C)c2c1CCCc1cnc(Nc3ccc(N4CCN(C)CC4)cc3)nc1-2. The number of carbonyl (C=O) groups is 1. The highest BCUT2D eigenvalue weighted by atomic mass is 16.1. The molecule has 34 heavy (non-hydrogen) atoms. The number of hydrogen-bond acceptors (Lipinski definition) is 7. The van der Waals surface area contributed by atoms with Gasteiger partial charge in [0.25, 0.3) is 0 Å². The molecule has 0 atom stereocenters. The maximum Gasteiger partial charge on any atom is 0.227 e. The lowest BCUT2D eigenvalue weighted by Crippen LogP contribution is -2.44. The Kier molecular flexibility index (Phi) is 6.32. The highest BCUT2D eigenvalue weighted by Crippen LogP contribution is 2.34. The van der Waals surface area contributed by atoms with Gasteiger partial charge in [-0.1, -0.05) is 6.92 Å². The van der Waals surface area contributed by atoms with Crippen LogP contribution in [0.4, 0.5) is 17.3 Å². The fourth-order valence-electron chi connectivity index (χ4n) is 4.93. The van der Waals surface area contributed by atoms with Gasteiger partial charge in [0.1, 0.15) is 5.69 Å². The molecule has 0 saturated carbocycles. The van der Waals surface area contributed by atoms with E-state index in [0.29, 0.717) is 18.1 Å². The van der Waals surface area contributed by atoms with Crippen LogP contribution in [0.1, 0.15) is 47.8 Å². The number of nitrogens with zero attached hydrogens (tertiary/aromatic N) is 6. The number of rotatable bonds is 6. The van der Waals surface area contributed by atoms with Crippen LogP contribution in [0, 0.1) is 0 Å². The van der Waals surface area contributed by atoms with Crippen LogP contribution < -0.4 is 10.2 Å². The van der Waals surface area contributed by atoms with Crippen molar-refractivity contribution < 1.29 is 4.79 Å². The Hall–Kier alpha value is -3.26. The van der Waals surface area contributed by atoms with Crippen molar-refractivity contribution in [1.82, 2.24) is 24.6 Å². The maximum atomic E-state index is 12.7. The molecule has 0 radical (unpaired) electrons. The van der Waals surface area contributed by atoms with Crippen LogP contribution in [0.3, 0.4) is 0 Å². The molecule has 1 N–H and O–H groups in total. The normalized spacial score (nSPS) is 16.0. The van der Waals surface area contributed by atoms with Crippen molar-refractivity contribution >= 4 is 23.1 Å². The van der Waals surface area contributed by atoms with Crippen molar-refractivity contribution in [3.05, 3.63) is 47.3 Å². The van der Waals surface area contributed by atoms with Gasteiger partial charge in [-0.05, 0) is 62.6 Å². The van der Waals surface area contributed by atoms with Gasteiger partial charge in [0.05, 0.1) is 11.4 Å². The van der Waals surface area contributed by atoms with E-state index in [2.05, 4.69) is 56.5 Å². The summed E-state index contributed by atoms with van der Waals surface area (Å²) in [5, 5.41) is 7.97. The summed E-state index contributed by atoms with van der Waals surface area (Å²) in [5.41, 5.74) is 6.76. The van der Waals surface area contributed by atoms with Crippen LogP contribution >= 0.6 is 0 Å². The molecule has 0 unspecified atom stereocenters. The van der Waals surface area contributed by atoms with Crippen molar-refractivity contribution in [3.63, 3.8) is 0 Å². The molecular weight excluding hydrogens is 426 g/mol. The number of aromatic nitrogens is 4. The van der Waals surface area contributed by atoms with Gasteiger partial charge in [0.2, 0.25) is 5.95 Å². The lowest BCUT2D eigenvalue weighted by Gasteiger charge is -2.34. The van der Waals surface area contributed by atoms with Gasteiger partial charge >= 0.3 is 0 Å². The zero-order valence-corrected chi connectivity index (χ0v) is 20.3. The van der Waals surface area contributed by atoms with Crippen LogP contribution in [0.2, 0.25) is 0 Å². The predicted octanol–water partition coefficient (Wildman–Crippen LogP) is 3.84. The van der Waals surface area contributed by atoms with Crippen molar-refractivity contribution in [2.24, 2.45) is 7.05 Å². The van der Waals surface area contributed by atoms with Gasteiger partial charge in [0.15, 0.2) is 5.78 Å². The van der Waals surface area contributed by atoms with E-state index in [-0.39, 0.29) is 5.78 Å². The third-order valence-corrected chi connectivity index (χ3v) is 6.84. The topological polar surface area (TPSA) is 79.2 Å². The largest absolute Gasteiger partial charge is 0.369 e. The molecule has 5 rings (SSSR count). The van der Waals surface area contributed by atoms with Gasteiger partial charge < -0.3 is 15.1 Å². The smallest absolute Gasteiger partial charge is 0.227 e. The summed E-state index contributed by atoms with van der Waals surface area (Å²) in [6.45, 7) is 6.30. The van der Waals surface area contributed by atoms with Crippen LogP contribution in [0.15, 0.2) is 30.5 Å². The third-order valence-electron chi connectivity index (χ3n) is 6.84.